The fourth-order valence-corrected chi connectivity index (χ4v) is 3.83. The number of carbonyl (C=O) groups excluding carboxylic acids is 1. The van der Waals surface area contributed by atoms with Gasteiger partial charge >= 0.3 is 0 Å². The van der Waals surface area contributed by atoms with Crippen LogP contribution in [0.2, 0.25) is 0 Å². The zero-order valence-corrected chi connectivity index (χ0v) is 16.6. The number of amides is 1. The molecule has 1 atom stereocenters. The average Bonchev–Trinajstić information content (AvgIpc) is 3.36. The predicted octanol–water partition coefficient (Wildman–Crippen LogP) is 3.54. The number of methoxy groups -OCH3 is 1. The standard InChI is InChI=1S/C23H23N3O4/c1-30-19-8-6-16(7-9-19)21-20(17-4-2-5-18(27)14-17)22(28)23(29)26(21)12-3-11-25-13-10-24-15-25/h2,4-10,13-15,21,27-28H,3,11-12H2,1H3. The Kier molecular flexibility index (Phi) is 5.43. The highest BCUT2D eigenvalue weighted by Gasteiger charge is 2.40. The molecule has 7 heteroatoms. The number of aromatic hydroxyl groups is 1. The molecule has 1 unspecified atom stereocenters. The first-order chi connectivity index (χ1) is 14.6. The second kappa shape index (κ2) is 8.32. The number of benzene rings is 2. The van der Waals surface area contributed by atoms with Crippen molar-refractivity contribution in [2.75, 3.05) is 13.7 Å². The molecule has 2 aromatic carbocycles. The van der Waals surface area contributed by atoms with E-state index in [-0.39, 0.29) is 11.5 Å². The van der Waals surface area contributed by atoms with Crippen LogP contribution in [-0.4, -0.2) is 44.2 Å². The normalized spacial score (nSPS) is 16.4. The van der Waals surface area contributed by atoms with Crippen LogP contribution in [0.25, 0.3) is 5.57 Å². The highest BCUT2D eigenvalue weighted by molar-refractivity contribution is 6.05. The average molecular weight is 405 g/mol. The van der Waals surface area contributed by atoms with Crippen molar-refractivity contribution in [1.29, 1.82) is 0 Å². The monoisotopic (exact) mass is 405 g/mol. The molecule has 0 saturated carbocycles. The molecular formula is C23H23N3O4. The van der Waals surface area contributed by atoms with Gasteiger partial charge in [-0.3, -0.25) is 4.79 Å². The SMILES string of the molecule is COc1ccc(C2C(c3cccc(O)c3)=C(O)C(=O)N2CCCn2ccnc2)cc1. The molecule has 4 rings (SSSR count). The Morgan fingerprint density at radius 2 is 1.90 bits per heavy atom. The fraction of sp³-hybridized carbons (Fsp3) is 0.217. The fourth-order valence-electron chi connectivity index (χ4n) is 3.83. The van der Waals surface area contributed by atoms with E-state index < -0.39 is 11.9 Å². The lowest BCUT2D eigenvalue weighted by Gasteiger charge is -2.27. The van der Waals surface area contributed by atoms with Crippen molar-refractivity contribution in [2.45, 2.75) is 19.0 Å². The van der Waals surface area contributed by atoms with Gasteiger partial charge in [0.05, 0.1) is 19.5 Å². The summed E-state index contributed by atoms with van der Waals surface area (Å²) in [6.45, 7) is 1.17. The molecule has 2 heterocycles. The first-order valence-corrected chi connectivity index (χ1v) is 9.71. The Hall–Kier alpha value is -3.74. The number of aliphatic hydroxyl groups is 1. The molecule has 154 valence electrons. The van der Waals surface area contributed by atoms with E-state index in [1.807, 2.05) is 35.0 Å². The third-order valence-corrected chi connectivity index (χ3v) is 5.27. The third-order valence-electron chi connectivity index (χ3n) is 5.27. The van der Waals surface area contributed by atoms with Crippen LogP contribution < -0.4 is 4.74 Å². The number of imidazole rings is 1. The van der Waals surface area contributed by atoms with E-state index in [2.05, 4.69) is 4.98 Å². The summed E-state index contributed by atoms with van der Waals surface area (Å²) < 4.78 is 7.20. The summed E-state index contributed by atoms with van der Waals surface area (Å²) in [5, 5.41) is 20.7. The molecule has 1 aromatic heterocycles. The molecule has 0 fully saturated rings. The van der Waals surface area contributed by atoms with E-state index >= 15 is 0 Å². The predicted molar refractivity (Wildman–Crippen MR) is 112 cm³/mol. The number of hydrogen-bond donors (Lipinski definition) is 2. The molecule has 2 N–H and O–H groups in total. The Balaban J connectivity index is 1.68. The number of carbonyl (C=O) groups is 1. The van der Waals surface area contributed by atoms with Crippen molar-refractivity contribution in [1.82, 2.24) is 14.5 Å². The number of phenolic OH excluding ortho intramolecular Hbond substituents is 1. The zero-order valence-electron chi connectivity index (χ0n) is 16.6. The van der Waals surface area contributed by atoms with Crippen LogP contribution in [0.15, 0.2) is 73.0 Å². The van der Waals surface area contributed by atoms with Crippen LogP contribution in [0.3, 0.4) is 0 Å². The van der Waals surface area contributed by atoms with Crippen molar-refractivity contribution >= 4 is 11.5 Å². The molecule has 0 spiro atoms. The summed E-state index contributed by atoms with van der Waals surface area (Å²) in [7, 11) is 1.60. The van der Waals surface area contributed by atoms with Crippen LogP contribution in [0, 0.1) is 0 Å². The zero-order chi connectivity index (χ0) is 21.1. The first kappa shape index (κ1) is 19.6. The van der Waals surface area contributed by atoms with Gasteiger partial charge in [-0.15, -0.1) is 0 Å². The molecule has 7 nitrogen and oxygen atoms in total. The summed E-state index contributed by atoms with van der Waals surface area (Å²) in [4.78, 5) is 18.7. The molecule has 3 aromatic rings. The minimum atomic E-state index is -0.465. The summed E-state index contributed by atoms with van der Waals surface area (Å²) >= 11 is 0. The lowest BCUT2D eigenvalue weighted by atomic mass is 9.93. The topological polar surface area (TPSA) is 87.8 Å². The maximum Gasteiger partial charge on any atom is 0.289 e. The molecule has 0 aliphatic carbocycles. The van der Waals surface area contributed by atoms with Gasteiger partial charge in [-0.25, -0.2) is 4.98 Å². The maximum atomic E-state index is 13.0. The minimum Gasteiger partial charge on any atom is -0.508 e. The molecular weight excluding hydrogens is 382 g/mol. The van der Waals surface area contributed by atoms with Gasteiger partial charge in [-0.2, -0.15) is 0 Å². The molecule has 0 radical (unpaired) electrons. The van der Waals surface area contributed by atoms with Gasteiger partial charge in [0.15, 0.2) is 5.76 Å². The van der Waals surface area contributed by atoms with Gasteiger partial charge in [-0.05, 0) is 41.8 Å². The van der Waals surface area contributed by atoms with E-state index in [0.717, 1.165) is 5.56 Å². The van der Waals surface area contributed by atoms with Crippen molar-refractivity contribution in [2.24, 2.45) is 0 Å². The van der Waals surface area contributed by atoms with Crippen LogP contribution in [-0.2, 0) is 11.3 Å². The molecule has 0 saturated heterocycles. The minimum absolute atomic E-state index is 0.0762. The lowest BCUT2D eigenvalue weighted by Crippen LogP contribution is -2.31. The van der Waals surface area contributed by atoms with Gasteiger partial charge in [0.2, 0.25) is 0 Å². The van der Waals surface area contributed by atoms with E-state index in [0.29, 0.717) is 36.4 Å². The quantitative estimate of drug-likeness (QED) is 0.628. The number of aryl methyl sites for hydroxylation is 1. The second-order valence-corrected chi connectivity index (χ2v) is 7.14. The molecule has 1 amide bonds. The van der Waals surface area contributed by atoms with E-state index in [1.165, 1.54) is 0 Å². The van der Waals surface area contributed by atoms with Gasteiger partial charge in [0.1, 0.15) is 11.5 Å². The number of aliphatic hydroxyl groups excluding tert-OH is 1. The molecule has 1 aliphatic heterocycles. The highest BCUT2D eigenvalue weighted by atomic mass is 16.5. The van der Waals surface area contributed by atoms with Crippen molar-refractivity contribution < 1.29 is 19.7 Å². The summed E-state index contributed by atoms with van der Waals surface area (Å²) in [6, 6.07) is 13.6. The Morgan fingerprint density at radius 3 is 2.57 bits per heavy atom. The van der Waals surface area contributed by atoms with Crippen molar-refractivity contribution in [3.63, 3.8) is 0 Å². The van der Waals surface area contributed by atoms with E-state index in [9.17, 15) is 15.0 Å². The smallest absolute Gasteiger partial charge is 0.289 e. The van der Waals surface area contributed by atoms with Gasteiger partial charge in [0.25, 0.3) is 5.91 Å². The molecule has 30 heavy (non-hydrogen) atoms. The van der Waals surface area contributed by atoms with Crippen molar-refractivity contribution in [3.8, 4) is 11.5 Å². The first-order valence-electron chi connectivity index (χ1n) is 9.71. The lowest BCUT2D eigenvalue weighted by molar-refractivity contribution is -0.129. The third kappa shape index (κ3) is 3.74. The van der Waals surface area contributed by atoms with Crippen molar-refractivity contribution in [3.05, 3.63) is 84.1 Å². The van der Waals surface area contributed by atoms with Crippen LogP contribution in [0.5, 0.6) is 11.5 Å². The Labute approximate surface area is 174 Å². The number of ether oxygens (including phenoxy) is 1. The van der Waals surface area contributed by atoms with Crippen LogP contribution >= 0.6 is 0 Å². The van der Waals surface area contributed by atoms with Gasteiger partial charge in [0, 0.05) is 31.1 Å². The van der Waals surface area contributed by atoms with Gasteiger partial charge < -0.3 is 24.4 Å². The summed E-state index contributed by atoms with van der Waals surface area (Å²) in [6.07, 6.45) is 6.03. The van der Waals surface area contributed by atoms with E-state index in [4.69, 9.17) is 4.74 Å². The van der Waals surface area contributed by atoms with E-state index in [1.54, 1.807) is 48.8 Å². The molecule has 0 bridgehead atoms. The number of nitrogens with zero attached hydrogens (tertiary/aromatic N) is 3. The second-order valence-electron chi connectivity index (χ2n) is 7.14. The summed E-state index contributed by atoms with van der Waals surface area (Å²) in [5.41, 5.74) is 1.96. The highest BCUT2D eigenvalue weighted by Crippen LogP contribution is 2.43. The Bertz CT molecular complexity index is 1060. The largest absolute Gasteiger partial charge is 0.508 e. The maximum absolute atomic E-state index is 13.0. The van der Waals surface area contributed by atoms with Gasteiger partial charge in [-0.1, -0.05) is 24.3 Å². The van der Waals surface area contributed by atoms with Crippen LogP contribution in [0.1, 0.15) is 23.6 Å². The summed E-state index contributed by atoms with van der Waals surface area (Å²) in [5.74, 6) is 0.0815. The molecule has 1 aliphatic rings. The number of aromatic nitrogens is 2. The number of phenols is 1. The Morgan fingerprint density at radius 1 is 1.10 bits per heavy atom. The number of rotatable bonds is 7. The van der Waals surface area contributed by atoms with Crippen LogP contribution in [0.4, 0.5) is 0 Å². The number of hydrogen-bond acceptors (Lipinski definition) is 5.